The van der Waals surface area contributed by atoms with E-state index in [-0.39, 0.29) is 6.79 Å². The summed E-state index contributed by atoms with van der Waals surface area (Å²) in [6.45, 7) is 2.30. The molecule has 98 valence electrons. The average Bonchev–Trinajstić information content (AvgIpc) is 2.76. The summed E-state index contributed by atoms with van der Waals surface area (Å²) < 4.78 is 15.2. The molecule has 0 aliphatic carbocycles. The van der Waals surface area contributed by atoms with Crippen molar-refractivity contribution < 1.29 is 19.0 Å². The molecule has 0 saturated heterocycles. The fourth-order valence-corrected chi connectivity index (χ4v) is 1.70. The normalized spacial score (nSPS) is 14.1. The first kappa shape index (κ1) is 12.5. The first-order chi connectivity index (χ1) is 8.69. The van der Waals surface area contributed by atoms with E-state index in [0.717, 1.165) is 11.3 Å². The molecule has 6 heteroatoms. The van der Waals surface area contributed by atoms with Gasteiger partial charge in [-0.2, -0.15) is 0 Å². The molecule has 6 nitrogen and oxygen atoms in total. The van der Waals surface area contributed by atoms with Crippen molar-refractivity contribution in [2.45, 2.75) is 19.5 Å². The van der Waals surface area contributed by atoms with Crippen LogP contribution < -0.4 is 20.5 Å². The molecule has 1 amide bonds. The number of carbonyl (C=O) groups excluding carboxylic acids is 1. The molecule has 1 aliphatic heterocycles. The summed E-state index contributed by atoms with van der Waals surface area (Å²) in [4.78, 5) is 11.2. The number of nitrogens with one attached hydrogen (secondary N) is 1. The third kappa shape index (κ3) is 3.04. The number of hydrogen-bond acceptors (Lipinski definition) is 5. The molecule has 0 unspecified atom stereocenters. The van der Waals surface area contributed by atoms with Gasteiger partial charge in [0.2, 0.25) is 6.79 Å². The lowest BCUT2D eigenvalue weighted by Gasteiger charge is -2.13. The van der Waals surface area contributed by atoms with Gasteiger partial charge >= 0.3 is 6.09 Å². The van der Waals surface area contributed by atoms with Crippen LogP contribution in [0.4, 0.5) is 4.79 Å². The highest BCUT2D eigenvalue weighted by atomic mass is 16.7. The zero-order valence-electron chi connectivity index (χ0n) is 10.1. The molecular formula is C12H16N2O4. The minimum Gasteiger partial charge on any atom is -0.454 e. The molecule has 1 aromatic rings. The topological polar surface area (TPSA) is 82.8 Å². The lowest BCUT2D eigenvalue weighted by Crippen LogP contribution is -2.43. The summed E-state index contributed by atoms with van der Waals surface area (Å²) >= 11 is 0. The van der Waals surface area contributed by atoms with Gasteiger partial charge in [-0.3, -0.25) is 0 Å². The third-order valence-electron chi connectivity index (χ3n) is 2.47. The Morgan fingerprint density at radius 3 is 3.06 bits per heavy atom. The van der Waals surface area contributed by atoms with E-state index < -0.39 is 12.3 Å². The van der Waals surface area contributed by atoms with Gasteiger partial charge in [-0.25, -0.2) is 4.79 Å². The molecule has 18 heavy (non-hydrogen) atoms. The van der Waals surface area contributed by atoms with Crippen molar-refractivity contribution in [2.75, 3.05) is 13.4 Å². The SMILES string of the molecule is CCOC(=O)N[C@H](N)Cc1ccc2c(c1)OCO2. The summed E-state index contributed by atoms with van der Waals surface area (Å²) in [6, 6.07) is 5.57. The predicted molar refractivity (Wildman–Crippen MR) is 64.4 cm³/mol. The second-order valence-electron chi connectivity index (χ2n) is 3.86. The fourth-order valence-electron chi connectivity index (χ4n) is 1.70. The third-order valence-corrected chi connectivity index (χ3v) is 2.47. The molecule has 1 aromatic carbocycles. The Bertz CT molecular complexity index is 436. The van der Waals surface area contributed by atoms with Crippen molar-refractivity contribution >= 4 is 6.09 Å². The fraction of sp³-hybridized carbons (Fsp3) is 0.417. The van der Waals surface area contributed by atoms with E-state index in [2.05, 4.69) is 5.32 Å². The van der Waals surface area contributed by atoms with E-state index >= 15 is 0 Å². The molecule has 0 fully saturated rings. The quantitative estimate of drug-likeness (QED) is 0.781. The Kier molecular flexibility index (Phi) is 3.88. The van der Waals surface area contributed by atoms with Crippen LogP contribution in [0.3, 0.4) is 0 Å². The zero-order valence-corrected chi connectivity index (χ0v) is 10.1. The van der Waals surface area contributed by atoms with E-state index in [4.69, 9.17) is 19.9 Å². The van der Waals surface area contributed by atoms with Gasteiger partial charge in [0.25, 0.3) is 0 Å². The number of alkyl carbamates (subject to hydrolysis) is 1. The van der Waals surface area contributed by atoms with Crippen molar-refractivity contribution in [1.29, 1.82) is 0 Å². The summed E-state index contributed by atoms with van der Waals surface area (Å²) in [5.41, 5.74) is 6.76. The Labute approximate surface area is 105 Å². The van der Waals surface area contributed by atoms with Gasteiger partial charge in [0.1, 0.15) is 0 Å². The van der Waals surface area contributed by atoms with Gasteiger partial charge in [0.05, 0.1) is 12.8 Å². The van der Waals surface area contributed by atoms with Crippen LogP contribution in [0.5, 0.6) is 11.5 Å². The van der Waals surface area contributed by atoms with E-state index in [0.29, 0.717) is 18.8 Å². The standard InChI is InChI=1S/C12H16N2O4/c1-2-16-12(15)14-11(13)6-8-3-4-9-10(5-8)18-7-17-9/h3-5,11H,2,6-7,13H2,1H3,(H,14,15)/t11-/m0/s1. The Balaban J connectivity index is 1.91. The van der Waals surface area contributed by atoms with E-state index in [1.807, 2.05) is 18.2 Å². The van der Waals surface area contributed by atoms with Crippen molar-refractivity contribution in [3.8, 4) is 11.5 Å². The molecule has 2 rings (SSSR count). The summed E-state index contributed by atoms with van der Waals surface area (Å²) in [5.74, 6) is 1.43. The molecule has 1 heterocycles. The molecule has 0 bridgehead atoms. The first-order valence-electron chi connectivity index (χ1n) is 5.76. The van der Waals surface area contributed by atoms with Crippen LogP contribution in [-0.4, -0.2) is 25.7 Å². The molecule has 0 saturated carbocycles. The van der Waals surface area contributed by atoms with E-state index in [1.54, 1.807) is 6.92 Å². The number of rotatable bonds is 4. The van der Waals surface area contributed by atoms with Gasteiger partial charge < -0.3 is 25.3 Å². The molecular weight excluding hydrogens is 236 g/mol. The second kappa shape index (κ2) is 5.59. The van der Waals surface area contributed by atoms with Crippen LogP contribution in [0.1, 0.15) is 12.5 Å². The first-order valence-corrected chi connectivity index (χ1v) is 5.76. The van der Waals surface area contributed by atoms with Gasteiger partial charge in [-0.05, 0) is 24.6 Å². The minimum absolute atomic E-state index is 0.242. The van der Waals surface area contributed by atoms with Crippen molar-refractivity contribution in [3.63, 3.8) is 0 Å². The second-order valence-corrected chi connectivity index (χ2v) is 3.86. The monoisotopic (exact) mass is 252 g/mol. The van der Waals surface area contributed by atoms with Gasteiger partial charge in [0, 0.05) is 6.42 Å². The predicted octanol–water partition coefficient (Wildman–Crippen LogP) is 0.989. The number of amides is 1. The lowest BCUT2D eigenvalue weighted by atomic mass is 10.1. The smallest absolute Gasteiger partial charge is 0.408 e. The lowest BCUT2D eigenvalue weighted by molar-refractivity contribution is 0.148. The maximum atomic E-state index is 11.2. The van der Waals surface area contributed by atoms with Crippen molar-refractivity contribution in [2.24, 2.45) is 5.73 Å². The average molecular weight is 252 g/mol. The Morgan fingerprint density at radius 1 is 1.50 bits per heavy atom. The van der Waals surface area contributed by atoms with Crippen LogP contribution >= 0.6 is 0 Å². The van der Waals surface area contributed by atoms with Gasteiger partial charge in [-0.1, -0.05) is 6.07 Å². The van der Waals surface area contributed by atoms with Crippen LogP contribution in [-0.2, 0) is 11.2 Å². The van der Waals surface area contributed by atoms with Gasteiger partial charge in [-0.15, -0.1) is 0 Å². The Hall–Kier alpha value is -1.95. The maximum absolute atomic E-state index is 11.2. The van der Waals surface area contributed by atoms with Crippen LogP contribution in [0.25, 0.3) is 0 Å². The van der Waals surface area contributed by atoms with Crippen molar-refractivity contribution in [3.05, 3.63) is 23.8 Å². The van der Waals surface area contributed by atoms with Gasteiger partial charge in [0.15, 0.2) is 11.5 Å². The number of carbonyl (C=O) groups is 1. The number of fused-ring (bicyclic) bond motifs is 1. The number of ether oxygens (including phenoxy) is 3. The van der Waals surface area contributed by atoms with Crippen LogP contribution in [0.15, 0.2) is 18.2 Å². The Morgan fingerprint density at radius 2 is 2.28 bits per heavy atom. The van der Waals surface area contributed by atoms with Crippen molar-refractivity contribution in [1.82, 2.24) is 5.32 Å². The maximum Gasteiger partial charge on any atom is 0.408 e. The summed E-state index contributed by atoms with van der Waals surface area (Å²) in [6.07, 6.45) is -0.509. The summed E-state index contributed by atoms with van der Waals surface area (Å²) in [7, 11) is 0. The number of nitrogens with two attached hydrogens (primary N) is 1. The highest BCUT2D eigenvalue weighted by Gasteiger charge is 2.15. The molecule has 1 aliphatic rings. The molecule has 1 atom stereocenters. The number of benzene rings is 1. The highest BCUT2D eigenvalue weighted by Crippen LogP contribution is 2.32. The molecule has 3 N–H and O–H groups in total. The van der Waals surface area contributed by atoms with Crippen LogP contribution in [0, 0.1) is 0 Å². The summed E-state index contributed by atoms with van der Waals surface area (Å²) in [5, 5.41) is 2.54. The molecule has 0 spiro atoms. The molecule has 0 aromatic heterocycles. The van der Waals surface area contributed by atoms with Crippen LogP contribution in [0.2, 0.25) is 0 Å². The molecule has 0 radical (unpaired) electrons. The minimum atomic E-state index is -0.509. The van der Waals surface area contributed by atoms with E-state index in [1.165, 1.54) is 0 Å². The van der Waals surface area contributed by atoms with E-state index in [9.17, 15) is 4.79 Å². The number of hydrogen-bond donors (Lipinski definition) is 2. The largest absolute Gasteiger partial charge is 0.454 e. The highest BCUT2D eigenvalue weighted by molar-refractivity contribution is 5.67. The zero-order chi connectivity index (χ0) is 13.0.